The lowest BCUT2D eigenvalue weighted by molar-refractivity contribution is 0.0770. The monoisotopic (exact) mass is 217 g/mol. The molecule has 84 valence electrons. The van der Waals surface area contributed by atoms with Crippen LogP contribution in [0.2, 0.25) is 0 Å². The molecule has 0 aliphatic heterocycles. The van der Waals surface area contributed by atoms with Crippen molar-refractivity contribution in [2.75, 3.05) is 6.54 Å². The van der Waals surface area contributed by atoms with E-state index in [9.17, 15) is 9.59 Å². The molecule has 1 aliphatic rings. The van der Waals surface area contributed by atoms with E-state index >= 15 is 0 Å². The van der Waals surface area contributed by atoms with Gasteiger partial charge in [-0.3, -0.25) is 9.59 Å². The molecule has 1 atom stereocenters. The lowest BCUT2D eigenvalue weighted by atomic mass is 9.77. The number of Topliss-reactive ketones (excluding diaryl/α,β-unsaturated/α-hetero) is 2. The van der Waals surface area contributed by atoms with Gasteiger partial charge in [-0.2, -0.15) is 0 Å². The van der Waals surface area contributed by atoms with Gasteiger partial charge in [0.1, 0.15) is 0 Å². The van der Waals surface area contributed by atoms with Gasteiger partial charge in [-0.25, -0.2) is 0 Å². The number of benzene rings is 1. The van der Waals surface area contributed by atoms with Gasteiger partial charge in [-0.1, -0.05) is 31.2 Å². The number of likely N-dealkylation sites (N-methyl/N-ethyl adjacent to an activating group) is 1. The van der Waals surface area contributed by atoms with Crippen LogP contribution < -0.4 is 5.32 Å². The molecule has 0 fully saturated rings. The molecule has 16 heavy (non-hydrogen) atoms. The van der Waals surface area contributed by atoms with Crippen molar-refractivity contribution in [3.63, 3.8) is 0 Å². The van der Waals surface area contributed by atoms with E-state index in [0.29, 0.717) is 17.7 Å². The first-order chi connectivity index (χ1) is 7.58. The Kier molecular flexibility index (Phi) is 2.64. The van der Waals surface area contributed by atoms with E-state index in [4.69, 9.17) is 0 Å². The molecule has 1 aliphatic carbocycles. The first-order valence-corrected chi connectivity index (χ1v) is 5.50. The molecule has 1 N–H and O–H groups in total. The SMILES string of the molecule is CCNC1(C)CC(=O)c2ccccc2C1=O. The molecular weight excluding hydrogens is 202 g/mol. The van der Waals surface area contributed by atoms with Crippen LogP contribution in [0.4, 0.5) is 0 Å². The number of ketones is 2. The highest BCUT2D eigenvalue weighted by Gasteiger charge is 2.41. The highest BCUT2D eigenvalue weighted by atomic mass is 16.1. The maximum Gasteiger partial charge on any atom is 0.183 e. The van der Waals surface area contributed by atoms with Crippen LogP contribution in [0.15, 0.2) is 24.3 Å². The number of carbonyl (C=O) groups is 2. The summed E-state index contributed by atoms with van der Waals surface area (Å²) in [6.07, 6.45) is 0.247. The second-order valence-electron chi connectivity index (χ2n) is 4.34. The average Bonchev–Trinajstić information content (AvgIpc) is 2.27. The topological polar surface area (TPSA) is 46.2 Å². The predicted octanol–water partition coefficient (Wildman–Crippen LogP) is 1.82. The third kappa shape index (κ3) is 1.57. The van der Waals surface area contributed by atoms with E-state index in [1.54, 1.807) is 31.2 Å². The molecule has 0 heterocycles. The maximum atomic E-state index is 12.3. The molecule has 0 radical (unpaired) electrons. The molecular formula is C13H15NO2. The van der Waals surface area contributed by atoms with Crippen LogP contribution in [0, 0.1) is 0 Å². The summed E-state index contributed by atoms with van der Waals surface area (Å²) in [5.41, 5.74) is 0.366. The average molecular weight is 217 g/mol. The quantitative estimate of drug-likeness (QED) is 0.822. The molecule has 0 aromatic heterocycles. The third-order valence-electron chi connectivity index (χ3n) is 3.05. The molecule has 3 nitrogen and oxygen atoms in total. The van der Waals surface area contributed by atoms with Crippen LogP contribution in [0.25, 0.3) is 0 Å². The van der Waals surface area contributed by atoms with E-state index in [2.05, 4.69) is 5.32 Å². The molecule has 1 unspecified atom stereocenters. The van der Waals surface area contributed by atoms with Crippen LogP contribution in [-0.2, 0) is 0 Å². The highest BCUT2D eigenvalue weighted by molar-refractivity contribution is 6.18. The minimum absolute atomic E-state index is 0.0181. The Hall–Kier alpha value is -1.48. The smallest absolute Gasteiger partial charge is 0.183 e. The number of fused-ring (bicyclic) bond motifs is 1. The Morgan fingerprint density at radius 1 is 1.25 bits per heavy atom. The molecule has 0 bridgehead atoms. The summed E-state index contributed by atoms with van der Waals surface area (Å²) in [6, 6.07) is 7.03. The molecule has 0 saturated heterocycles. The second kappa shape index (κ2) is 3.83. The van der Waals surface area contributed by atoms with Gasteiger partial charge in [-0.05, 0) is 13.5 Å². The van der Waals surface area contributed by atoms with E-state index in [1.165, 1.54) is 0 Å². The van der Waals surface area contributed by atoms with Crippen molar-refractivity contribution in [1.82, 2.24) is 5.32 Å². The largest absolute Gasteiger partial charge is 0.305 e. The summed E-state index contributed by atoms with van der Waals surface area (Å²) in [4.78, 5) is 24.2. The van der Waals surface area contributed by atoms with Gasteiger partial charge in [-0.15, -0.1) is 0 Å². The van der Waals surface area contributed by atoms with Crippen LogP contribution in [0.1, 0.15) is 41.0 Å². The molecule has 0 saturated carbocycles. The zero-order chi connectivity index (χ0) is 11.8. The Balaban J connectivity index is 2.50. The first kappa shape index (κ1) is 11.0. The molecule has 1 aromatic carbocycles. The van der Waals surface area contributed by atoms with E-state index in [0.717, 1.165) is 0 Å². The van der Waals surface area contributed by atoms with Gasteiger partial charge in [0.25, 0.3) is 0 Å². The van der Waals surface area contributed by atoms with Gasteiger partial charge in [0.2, 0.25) is 0 Å². The normalized spacial score (nSPS) is 24.4. The Morgan fingerprint density at radius 2 is 1.88 bits per heavy atom. The Morgan fingerprint density at radius 3 is 2.50 bits per heavy atom. The van der Waals surface area contributed by atoms with Crippen molar-refractivity contribution in [3.05, 3.63) is 35.4 Å². The van der Waals surface area contributed by atoms with Crippen LogP contribution >= 0.6 is 0 Å². The van der Waals surface area contributed by atoms with Crippen molar-refractivity contribution in [2.24, 2.45) is 0 Å². The number of hydrogen-bond acceptors (Lipinski definition) is 3. The maximum absolute atomic E-state index is 12.3. The molecule has 1 aromatic rings. The van der Waals surface area contributed by atoms with Crippen molar-refractivity contribution < 1.29 is 9.59 Å². The lowest BCUT2D eigenvalue weighted by Gasteiger charge is -2.32. The minimum atomic E-state index is -0.736. The third-order valence-corrected chi connectivity index (χ3v) is 3.05. The van der Waals surface area contributed by atoms with Crippen LogP contribution in [0.5, 0.6) is 0 Å². The van der Waals surface area contributed by atoms with Gasteiger partial charge in [0.15, 0.2) is 11.6 Å². The molecule has 0 amide bonds. The van der Waals surface area contributed by atoms with Crippen molar-refractivity contribution in [1.29, 1.82) is 0 Å². The van der Waals surface area contributed by atoms with E-state index in [-0.39, 0.29) is 18.0 Å². The van der Waals surface area contributed by atoms with Crippen molar-refractivity contribution >= 4 is 11.6 Å². The summed E-state index contributed by atoms with van der Waals surface area (Å²) in [7, 11) is 0. The molecule has 2 rings (SSSR count). The first-order valence-electron chi connectivity index (χ1n) is 5.50. The fraction of sp³-hybridized carbons (Fsp3) is 0.385. The summed E-state index contributed by atoms with van der Waals surface area (Å²) in [5, 5.41) is 3.11. The Bertz CT molecular complexity index is 453. The van der Waals surface area contributed by atoms with Gasteiger partial charge in [0.05, 0.1) is 5.54 Å². The second-order valence-corrected chi connectivity index (χ2v) is 4.34. The standard InChI is InChI=1S/C13H15NO2/c1-3-14-13(2)8-11(15)9-6-4-5-7-10(9)12(13)16/h4-7,14H,3,8H2,1-2H3. The lowest BCUT2D eigenvalue weighted by Crippen LogP contribution is -2.53. The summed E-state index contributed by atoms with van der Waals surface area (Å²) in [5.74, 6) is 0.0585. The molecule has 0 spiro atoms. The molecule has 3 heteroatoms. The number of nitrogens with one attached hydrogen (secondary N) is 1. The Labute approximate surface area is 94.9 Å². The number of carbonyl (C=O) groups excluding carboxylic acids is 2. The van der Waals surface area contributed by atoms with Gasteiger partial charge >= 0.3 is 0 Å². The summed E-state index contributed by atoms with van der Waals surface area (Å²) in [6.45, 7) is 4.41. The zero-order valence-electron chi connectivity index (χ0n) is 9.54. The van der Waals surface area contributed by atoms with Gasteiger partial charge in [0, 0.05) is 17.5 Å². The van der Waals surface area contributed by atoms with Crippen LogP contribution in [-0.4, -0.2) is 23.7 Å². The highest BCUT2D eigenvalue weighted by Crippen LogP contribution is 2.28. The summed E-state index contributed by atoms with van der Waals surface area (Å²) >= 11 is 0. The fourth-order valence-corrected chi connectivity index (χ4v) is 2.25. The minimum Gasteiger partial charge on any atom is -0.305 e. The van der Waals surface area contributed by atoms with Crippen LogP contribution in [0.3, 0.4) is 0 Å². The van der Waals surface area contributed by atoms with Crippen molar-refractivity contribution in [3.8, 4) is 0 Å². The number of hydrogen-bond donors (Lipinski definition) is 1. The van der Waals surface area contributed by atoms with E-state index < -0.39 is 5.54 Å². The van der Waals surface area contributed by atoms with Crippen molar-refractivity contribution in [2.45, 2.75) is 25.8 Å². The van der Waals surface area contributed by atoms with Gasteiger partial charge < -0.3 is 5.32 Å². The predicted molar refractivity (Wildman–Crippen MR) is 61.8 cm³/mol. The fourth-order valence-electron chi connectivity index (χ4n) is 2.25. The van der Waals surface area contributed by atoms with E-state index in [1.807, 2.05) is 6.92 Å². The summed E-state index contributed by atoms with van der Waals surface area (Å²) < 4.78 is 0. The number of rotatable bonds is 2. The zero-order valence-corrected chi connectivity index (χ0v) is 9.54.